The summed E-state index contributed by atoms with van der Waals surface area (Å²) < 4.78 is 11.4. The molecule has 0 bridgehead atoms. The van der Waals surface area contributed by atoms with Gasteiger partial charge in [0.2, 0.25) is 0 Å². The number of hydrogen-bond acceptors (Lipinski definition) is 5. The molecule has 142 valence electrons. The summed E-state index contributed by atoms with van der Waals surface area (Å²) in [6.45, 7) is 2.43. The fourth-order valence-electron chi connectivity index (χ4n) is 2.63. The summed E-state index contributed by atoms with van der Waals surface area (Å²) in [5.74, 6) is 0.815. The molecule has 6 heteroatoms. The normalized spacial score (nSPS) is 10.6. The second-order valence-corrected chi connectivity index (χ2v) is 6.10. The Morgan fingerprint density at radius 1 is 1.18 bits per heavy atom. The number of nitrogens with zero attached hydrogens (tertiary/aromatic N) is 2. The Morgan fingerprint density at radius 3 is 2.79 bits per heavy atom. The van der Waals surface area contributed by atoms with Crippen LogP contribution >= 0.6 is 0 Å². The summed E-state index contributed by atoms with van der Waals surface area (Å²) >= 11 is 0. The first kappa shape index (κ1) is 19.1. The van der Waals surface area contributed by atoms with Crippen LogP contribution in [0.1, 0.15) is 27.0 Å². The molecule has 0 fully saturated rings. The maximum absolute atomic E-state index is 12.1. The minimum atomic E-state index is -0.338. The van der Waals surface area contributed by atoms with Crippen molar-refractivity contribution in [2.45, 2.75) is 13.5 Å². The maximum Gasteiger partial charge on any atom is 0.272 e. The molecular weight excluding hydrogens is 354 g/mol. The molecule has 0 aliphatic carbocycles. The largest absolute Gasteiger partial charge is 0.493 e. The van der Waals surface area contributed by atoms with Crippen molar-refractivity contribution in [3.63, 3.8) is 0 Å². The predicted octanol–water partition coefficient (Wildman–Crippen LogP) is 3.74. The lowest BCUT2D eigenvalue weighted by Crippen LogP contribution is -2.17. The number of carbonyl (C=O) groups excluding carboxylic acids is 1. The monoisotopic (exact) mass is 375 g/mol. The van der Waals surface area contributed by atoms with Crippen LogP contribution in [-0.2, 0) is 6.61 Å². The van der Waals surface area contributed by atoms with Crippen LogP contribution in [0.2, 0.25) is 0 Å². The number of nitrogens with one attached hydrogen (secondary N) is 1. The van der Waals surface area contributed by atoms with E-state index in [2.05, 4.69) is 21.6 Å². The van der Waals surface area contributed by atoms with Crippen molar-refractivity contribution in [2.24, 2.45) is 5.10 Å². The SMILES string of the molecule is COc1cccc(/C=N\NC(=O)c2cccnc2)c1OCc1cccc(C)c1. The van der Waals surface area contributed by atoms with Gasteiger partial charge in [0.15, 0.2) is 11.5 Å². The lowest BCUT2D eigenvalue weighted by Gasteiger charge is -2.13. The highest BCUT2D eigenvalue weighted by Gasteiger charge is 2.10. The van der Waals surface area contributed by atoms with E-state index in [1.54, 1.807) is 25.4 Å². The van der Waals surface area contributed by atoms with E-state index in [4.69, 9.17) is 9.47 Å². The van der Waals surface area contributed by atoms with Gasteiger partial charge in [-0.25, -0.2) is 5.43 Å². The molecule has 0 atom stereocenters. The van der Waals surface area contributed by atoms with Crippen molar-refractivity contribution >= 4 is 12.1 Å². The number of para-hydroxylation sites is 1. The van der Waals surface area contributed by atoms with Gasteiger partial charge in [0.25, 0.3) is 5.91 Å². The number of carbonyl (C=O) groups is 1. The molecule has 3 aromatic rings. The fourth-order valence-corrected chi connectivity index (χ4v) is 2.63. The fraction of sp³-hybridized carbons (Fsp3) is 0.136. The number of methoxy groups -OCH3 is 1. The van der Waals surface area contributed by atoms with Crippen molar-refractivity contribution in [1.82, 2.24) is 10.4 Å². The zero-order valence-electron chi connectivity index (χ0n) is 15.8. The van der Waals surface area contributed by atoms with Gasteiger partial charge in [-0.2, -0.15) is 5.10 Å². The summed E-state index contributed by atoms with van der Waals surface area (Å²) in [7, 11) is 1.58. The molecule has 0 saturated heterocycles. The second-order valence-electron chi connectivity index (χ2n) is 6.10. The third kappa shape index (κ3) is 4.94. The predicted molar refractivity (Wildman–Crippen MR) is 108 cm³/mol. The molecule has 0 saturated carbocycles. The molecule has 0 unspecified atom stereocenters. The van der Waals surface area contributed by atoms with E-state index in [0.29, 0.717) is 29.2 Å². The lowest BCUT2D eigenvalue weighted by atomic mass is 10.1. The number of rotatable bonds is 7. The van der Waals surface area contributed by atoms with E-state index in [1.807, 2.05) is 43.3 Å². The van der Waals surface area contributed by atoms with E-state index < -0.39 is 0 Å². The number of amides is 1. The summed E-state index contributed by atoms with van der Waals surface area (Å²) in [5.41, 5.74) is 5.83. The van der Waals surface area contributed by atoms with Crippen molar-refractivity contribution in [3.8, 4) is 11.5 Å². The summed E-state index contributed by atoms with van der Waals surface area (Å²) in [5, 5.41) is 4.04. The smallest absolute Gasteiger partial charge is 0.272 e. The van der Waals surface area contributed by atoms with Gasteiger partial charge in [0, 0.05) is 18.0 Å². The Labute approximate surface area is 163 Å². The first-order valence-electron chi connectivity index (χ1n) is 8.76. The van der Waals surface area contributed by atoms with Crippen molar-refractivity contribution in [2.75, 3.05) is 7.11 Å². The maximum atomic E-state index is 12.1. The molecule has 28 heavy (non-hydrogen) atoms. The molecular formula is C22H21N3O3. The van der Waals surface area contributed by atoms with Gasteiger partial charge in [0.1, 0.15) is 6.61 Å². The number of aromatic nitrogens is 1. The van der Waals surface area contributed by atoms with Crippen molar-refractivity contribution < 1.29 is 14.3 Å². The highest BCUT2D eigenvalue weighted by molar-refractivity contribution is 5.94. The molecule has 3 rings (SSSR count). The molecule has 0 spiro atoms. The van der Waals surface area contributed by atoms with Crippen LogP contribution in [-0.4, -0.2) is 24.2 Å². The summed E-state index contributed by atoms with van der Waals surface area (Å²) in [4.78, 5) is 16.0. The molecule has 1 heterocycles. The standard InChI is InChI=1S/C22H21N3O3/c1-16-6-3-7-17(12-16)15-28-21-18(8-4-10-20(21)27-2)14-24-25-22(26)19-9-5-11-23-13-19/h3-14H,15H2,1-2H3,(H,25,26)/b24-14-. The molecule has 1 N–H and O–H groups in total. The Hall–Kier alpha value is -3.67. The lowest BCUT2D eigenvalue weighted by molar-refractivity contribution is 0.0954. The number of aryl methyl sites for hydroxylation is 1. The minimum Gasteiger partial charge on any atom is -0.493 e. The molecule has 1 aromatic heterocycles. The van der Waals surface area contributed by atoms with E-state index in [0.717, 1.165) is 5.56 Å². The molecule has 2 aromatic carbocycles. The summed E-state index contributed by atoms with van der Waals surface area (Å²) in [6.07, 6.45) is 4.61. The minimum absolute atomic E-state index is 0.338. The summed E-state index contributed by atoms with van der Waals surface area (Å²) in [6, 6.07) is 17.0. The van der Waals surface area contributed by atoms with E-state index in [-0.39, 0.29) is 5.91 Å². The van der Waals surface area contributed by atoms with E-state index >= 15 is 0 Å². The highest BCUT2D eigenvalue weighted by Crippen LogP contribution is 2.30. The third-order valence-corrected chi connectivity index (χ3v) is 3.99. The van der Waals surface area contributed by atoms with Crippen molar-refractivity contribution in [1.29, 1.82) is 0 Å². The van der Waals surface area contributed by atoms with Crippen LogP contribution in [0.15, 0.2) is 72.1 Å². The van der Waals surface area contributed by atoms with E-state index in [9.17, 15) is 4.79 Å². The number of hydrazone groups is 1. The molecule has 6 nitrogen and oxygen atoms in total. The molecule has 1 amide bonds. The number of benzene rings is 2. The van der Waals surface area contributed by atoms with Crippen LogP contribution in [0, 0.1) is 6.92 Å². The molecule has 0 aliphatic rings. The first-order valence-corrected chi connectivity index (χ1v) is 8.76. The van der Waals surface area contributed by atoms with Gasteiger partial charge in [-0.3, -0.25) is 9.78 Å². The average Bonchev–Trinajstić information content (AvgIpc) is 2.73. The third-order valence-electron chi connectivity index (χ3n) is 3.99. The zero-order chi connectivity index (χ0) is 19.8. The van der Waals surface area contributed by atoms with Crippen LogP contribution in [0.25, 0.3) is 0 Å². The quantitative estimate of drug-likeness (QED) is 0.504. The Morgan fingerprint density at radius 2 is 2.04 bits per heavy atom. The van der Waals surface area contributed by atoms with Gasteiger partial charge in [-0.05, 0) is 36.8 Å². The van der Waals surface area contributed by atoms with Gasteiger partial charge in [-0.1, -0.05) is 35.9 Å². The topological polar surface area (TPSA) is 72.8 Å². The first-order chi connectivity index (χ1) is 13.7. The molecule has 0 radical (unpaired) electrons. The number of ether oxygens (including phenoxy) is 2. The Balaban J connectivity index is 1.74. The second kappa shape index (κ2) is 9.32. The van der Waals surface area contributed by atoms with Crippen LogP contribution < -0.4 is 14.9 Å². The van der Waals surface area contributed by atoms with Gasteiger partial charge < -0.3 is 9.47 Å². The van der Waals surface area contributed by atoms with Gasteiger partial charge in [0.05, 0.1) is 18.9 Å². The van der Waals surface area contributed by atoms with Gasteiger partial charge >= 0.3 is 0 Å². The number of hydrogen-bond donors (Lipinski definition) is 1. The zero-order valence-corrected chi connectivity index (χ0v) is 15.8. The van der Waals surface area contributed by atoms with Crippen LogP contribution in [0.5, 0.6) is 11.5 Å². The Kier molecular flexibility index (Phi) is 6.36. The Bertz CT molecular complexity index is 972. The van der Waals surface area contributed by atoms with Crippen LogP contribution in [0.3, 0.4) is 0 Å². The van der Waals surface area contributed by atoms with Crippen LogP contribution in [0.4, 0.5) is 0 Å². The average molecular weight is 375 g/mol. The highest BCUT2D eigenvalue weighted by atomic mass is 16.5. The van der Waals surface area contributed by atoms with Gasteiger partial charge in [-0.15, -0.1) is 0 Å². The van der Waals surface area contributed by atoms with Crippen molar-refractivity contribution in [3.05, 3.63) is 89.2 Å². The molecule has 0 aliphatic heterocycles. The number of pyridine rings is 1. The van der Waals surface area contributed by atoms with E-state index in [1.165, 1.54) is 18.0 Å².